The highest BCUT2D eigenvalue weighted by atomic mass is 16.2. The van der Waals surface area contributed by atoms with E-state index in [1.54, 1.807) is 11.8 Å². The van der Waals surface area contributed by atoms with Crippen LogP contribution in [0.25, 0.3) is 10.9 Å². The van der Waals surface area contributed by atoms with Gasteiger partial charge in [-0.1, -0.05) is 18.2 Å². The fourth-order valence-electron chi connectivity index (χ4n) is 4.13. The molecule has 30 heavy (non-hydrogen) atoms. The Morgan fingerprint density at radius 2 is 1.50 bits per heavy atom. The number of hydrogen-bond acceptors (Lipinski definition) is 4. The highest BCUT2D eigenvalue weighted by molar-refractivity contribution is 6.45. The van der Waals surface area contributed by atoms with Crippen LogP contribution in [0.2, 0.25) is 0 Å². The fourth-order valence-corrected chi connectivity index (χ4v) is 4.13. The monoisotopic (exact) mass is 403 g/mol. The number of rotatable bonds is 4. The van der Waals surface area contributed by atoms with Crippen LogP contribution in [0, 0.1) is 6.92 Å². The number of carbonyl (C=O) groups is 3. The number of piperazine rings is 1. The summed E-state index contributed by atoms with van der Waals surface area (Å²) in [6.45, 7) is 5.70. The van der Waals surface area contributed by atoms with Crippen molar-refractivity contribution in [3.63, 3.8) is 0 Å². The first kappa shape index (κ1) is 19.9. The molecule has 0 atom stereocenters. The molecule has 6 nitrogen and oxygen atoms in total. The predicted molar refractivity (Wildman–Crippen MR) is 117 cm³/mol. The third kappa shape index (κ3) is 3.38. The lowest BCUT2D eigenvalue weighted by molar-refractivity contribution is -0.126. The molecule has 0 aliphatic carbocycles. The molecule has 4 rings (SSSR count). The van der Waals surface area contributed by atoms with E-state index in [2.05, 4.69) is 4.90 Å². The molecule has 3 aromatic rings. The quantitative estimate of drug-likeness (QED) is 0.496. The van der Waals surface area contributed by atoms with Crippen molar-refractivity contribution in [2.24, 2.45) is 7.05 Å². The van der Waals surface area contributed by atoms with Crippen molar-refractivity contribution in [1.82, 2.24) is 9.47 Å². The predicted octanol–water partition coefficient (Wildman–Crippen LogP) is 3.22. The van der Waals surface area contributed by atoms with Gasteiger partial charge in [-0.3, -0.25) is 14.4 Å². The second-order valence-electron chi connectivity index (χ2n) is 7.75. The van der Waals surface area contributed by atoms with Gasteiger partial charge in [0.15, 0.2) is 5.78 Å². The van der Waals surface area contributed by atoms with E-state index < -0.39 is 11.7 Å². The van der Waals surface area contributed by atoms with Gasteiger partial charge in [0.2, 0.25) is 0 Å². The Hall–Kier alpha value is -3.41. The summed E-state index contributed by atoms with van der Waals surface area (Å²) in [5, 5.41) is 0.819. The Labute approximate surface area is 175 Å². The van der Waals surface area contributed by atoms with Gasteiger partial charge >= 0.3 is 0 Å². The Bertz CT molecular complexity index is 1140. The minimum absolute atomic E-state index is 0.0409. The van der Waals surface area contributed by atoms with Gasteiger partial charge in [0.1, 0.15) is 0 Å². The number of fused-ring (bicyclic) bond motifs is 1. The zero-order valence-electron chi connectivity index (χ0n) is 17.5. The first-order valence-corrected chi connectivity index (χ1v) is 10.1. The van der Waals surface area contributed by atoms with Gasteiger partial charge in [-0.15, -0.1) is 0 Å². The first-order valence-electron chi connectivity index (χ1n) is 10.1. The molecule has 6 heteroatoms. The fraction of sp³-hybridized carbons (Fsp3) is 0.292. The Morgan fingerprint density at radius 1 is 0.867 bits per heavy atom. The van der Waals surface area contributed by atoms with Crippen LogP contribution in [0.1, 0.15) is 33.3 Å². The Balaban J connectivity index is 1.48. The number of hydrogen-bond donors (Lipinski definition) is 0. The van der Waals surface area contributed by atoms with Gasteiger partial charge in [0.25, 0.3) is 11.7 Å². The number of anilines is 1. The molecule has 0 spiro atoms. The summed E-state index contributed by atoms with van der Waals surface area (Å²) in [5.74, 6) is -0.844. The molecule has 0 radical (unpaired) electrons. The van der Waals surface area contributed by atoms with Crippen LogP contribution in [0.5, 0.6) is 0 Å². The number of aromatic nitrogens is 1. The summed E-state index contributed by atoms with van der Waals surface area (Å²) < 4.78 is 1.96. The lowest BCUT2D eigenvalue weighted by Gasteiger charge is -2.35. The summed E-state index contributed by atoms with van der Waals surface area (Å²) >= 11 is 0. The lowest BCUT2D eigenvalue weighted by atomic mass is 10.1. The van der Waals surface area contributed by atoms with Gasteiger partial charge in [-0.25, -0.2) is 0 Å². The maximum Gasteiger partial charge on any atom is 0.295 e. The van der Waals surface area contributed by atoms with Crippen molar-refractivity contribution in [3.8, 4) is 0 Å². The topological polar surface area (TPSA) is 62.6 Å². The first-order chi connectivity index (χ1) is 14.4. The van der Waals surface area contributed by atoms with E-state index in [9.17, 15) is 14.4 Å². The number of ketones is 2. The molecule has 2 heterocycles. The number of Topliss-reactive ketones (excluding diaryl/α,β-unsaturated/α-hetero) is 2. The largest absolute Gasteiger partial charge is 0.368 e. The number of aryl methyl sites for hydroxylation is 1. The van der Waals surface area contributed by atoms with E-state index in [-0.39, 0.29) is 5.78 Å². The molecule has 0 unspecified atom stereocenters. The van der Waals surface area contributed by atoms with Crippen molar-refractivity contribution < 1.29 is 14.4 Å². The second kappa shape index (κ2) is 7.78. The van der Waals surface area contributed by atoms with Gasteiger partial charge in [-0.2, -0.15) is 0 Å². The van der Waals surface area contributed by atoms with Crippen LogP contribution in [0.4, 0.5) is 5.69 Å². The maximum atomic E-state index is 13.1. The minimum Gasteiger partial charge on any atom is -0.368 e. The number of amides is 1. The molecule has 1 amide bonds. The Morgan fingerprint density at radius 3 is 2.13 bits per heavy atom. The average Bonchev–Trinajstić information content (AvgIpc) is 3.03. The number of para-hydroxylation sites is 1. The molecular weight excluding hydrogens is 378 g/mol. The molecule has 2 aromatic carbocycles. The van der Waals surface area contributed by atoms with Crippen LogP contribution in [0.15, 0.2) is 48.5 Å². The van der Waals surface area contributed by atoms with Crippen molar-refractivity contribution in [2.45, 2.75) is 13.8 Å². The minimum atomic E-state index is -0.443. The van der Waals surface area contributed by atoms with Crippen molar-refractivity contribution >= 4 is 34.1 Å². The molecule has 1 aliphatic rings. The van der Waals surface area contributed by atoms with Gasteiger partial charge in [0, 0.05) is 61.1 Å². The van der Waals surface area contributed by atoms with Crippen LogP contribution in [0.3, 0.4) is 0 Å². The normalized spacial score (nSPS) is 14.2. The van der Waals surface area contributed by atoms with E-state index in [4.69, 9.17) is 0 Å². The standard InChI is InChI=1S/C24H25N3O3/c1-16-22(20-6-4-5-7-21(20)25(16)3)23(29)24(30)27-14-12-26(13-15-27)19-10-8-18(9-11-19)17(2)28/h4-11H,12-15H2,1-3H3. The third-order valence-electron chi connectivity index (χ3n) is 6.03. The highest BCUT2D eigenvalue weighted by Crippen LogP contribution is 2.26. The summed E-state index contributed by atoms with van der Waals surface area (Å²) in [5.41, 5.74) is 3.95. The SMILES string of the molecule is CC(=O)c1ccc(N2CCN(C(=O)C(=O)c3c(C)n(C)c4ccccc34)CC2)cc1. The number of carbonyl (C=O) groups excluding carboxylic acids is 3. The maximum absolute atomic E-state index is 13.1. The van der Waals surface area contributed by atoms with Gasteiger partial charge in [-0.05, 0) is 44.2 Å². The van der Waals surface area contributed by atoms with Crippen molar-refractivity contribution in [1.29, 1.82) is 0 Å². The lowest BCUT2D eigenvalue weighted by Crippen LogP contribution is -2.50. The van der Waals surface area contributed by atoms with Crippen molar-refractivity contribution in [2.75, 3.05) is 31.1 Å². The van der Waals surface area contributed by atoms with Crippen LogP contribution >= 0.6 is 0 Å². The zero-order valence-corrected chi connectivity index (χ0v) is 17.5. The van der Waals surface area contributed by atoms with E-state index in [1.807, 2.05) is 67.1 Å². The number of benzene rings is 2. The van der Waals surface area contributed by atoms with Crippen LogP contribution < -0.4 is 4.90 Å². The van der Waals surface area contributed by atoms with E-state index in [1.165, 1.54) is 0 Å². The molecule has 0 bridgehead atoms. The summed E-state index contributed by atoms with van der Waals surface area (Å²) in [7, 11) is 1.91. The summed E-state index contributed by atoms with van der Waals surface area (Å²) in [4.78, 5) is 41.3. The molecule has 1 saturated heterocycles. The average molecular weight is 403 g/mol. The van der Waals surface area contributed by atoms with E-state index in [0.717, 1.165) is 22.3 Å². The van der Waals surface area contributed by atoms with Gasteiger partial charge in [0.05, 0.1) is 5.56 Å². The molecule has 1 fully saturated rings. The molecule has 0 saturated carbocycles. The smallest absolute Gasteiger partial charge is 0.295 e. The number of nitrogens with zero attached hydrogens (tertiary/aromatic N) is 3. The second-order valence-corrected chi connectivity index (χ2v) is 7.75. The van der Waals surface area contributed by atoms with E-state index >= 15 is 0 Å². The highest BCUT2D eigenvalue weighted by Gasteiger charge is 2.30. The summed E-state index contributed by atoms with van der Waals surface area (Å²) in [6, 6.07) is 15.2. The molecule has 154 valence electrons. The van der Waals surface area contributed by atoms with Crippen molar-refractivity contribution in [3.05, 3.63) is 65.4 Å². The zero-order chi connectivity index (χ0) is 21.4. The molecule has 0 N–H and O–H groups in total. The van der Waals surface area contributed by atoms with Gasteiger partial charge < -0.3 is 14.4 Å². The van der Waals surface area contributed by atoms with Crippen LogP contribution in [-0.2, 0) is 11.8 Å². The molecule has 1 aromatic heterocycles. The van der Waals surface area contributed by atoms with E-state index in [0.29, 0.717) is 37.3 Å². The third-order valence-corrected chi connectivity index (χ3v) is 6.03. The molecular formula is C24H25N3O3. The molecule has 1 aliphatic heterocycles. The summed E-state index contributed by atoms with van der Waals surface area (Å²) in [6.07, 6.45) is 0. The Kier molecular flexibility index (Phi) is 5.16. The van der Waals surface area contributed by atoms with Crippen LogP contribution in [-0.4, -0.2) is 53.1 Å².